The second-order valence-corrected chi connectivity index (χ2v) is 6.73. The van der Waals surface area contributed by atoms with E-state index in [0.29, 0.717) is 19.8 Å². The summed E-state index contributed by atoms with van der Waals surface area (Å²) in [6, 6.07) is 14.1. The van der Waals surface area contributed by atoms with Crippen molar-refractivity contribution in [3.8, 4) is 11.5 Å². The third-order valence-electron chi connectivity index (χ3n) is 4.36. The van der Waals surface area contributed by atoms with Crippen LogP contribution in [0.5, 0.6) is 11.5 Å². The molecule has 0 heterocycles. The number of oxime groups is 1. The maximum Gasteiger partial charge on any atom is 0.125 e. The molecule has 29 heavy (non-hydrogen) atoms. The molecular formula is C24H32N2O3. The van der Waals surface area contributed by atoms with E-state index in [1.165, 1.54) is 0 Å². The highest BCUT2D eigenvalue weighted by molar-refractivity contribution is 6.01. The average molecular weight is 397 g/mol. The van der Waals surface area contributed by atoms with Crippen LogP contribution >= 0.6 is 0 Å². The highest BCUT2D eigenvalue weighted by Gasteiger charge is 2.08. The Morgan fingerprint density at radius 2 is 1.79 bits per heavy atom. The Morgan fingerprint density at radius 3 is 2.45 bits per heavy atom. The second kappa shape index (κ2) is 12.6. The van der Waals surface area contributed by atoms with Crippen molar-refractivity contribution in [1.29, 1.82) is 0 Å². The van der Waals surface area contributed by atoms with Gasteiger partial charge >= 0.3 is 0 Å². The smallest absolute Gasteiger partial charge is 0.125 e. The molecule has 0 amide bonds. The van der Waals surface area contributed by atoms with Gasteiger partial charge in [0.15, 0.2) is 0 Å². The molecule has 1 N–H and O–H groups in total. The van der Waals surface area contributed by atoms with Crippen molar-refractivity contribution in [3.63, 3.8) is 0 Å². The highest BCUT2D eigenvalue weighted by atomic mass is 16.6. The van der Waals surface area contributed by atoms with Crippen LogP contribution in [0.15, 0.2) is 59.8 Å². The van der Waals surface area contributed by atoms with Crippen LogP contribution in [-0.2, 0) is 4.84 Å². The SMILES string of the molecule is C/C=C/COc1cc(C)c(OCCCNC/C(=N/OC)c2ccccc2)c(C)c1. The molecule has 0 unspecified atom stereocenters. The standard InChI is InChI=1S/C24H32N2O3/c1-5-6-14-28-22-16-19(2)24(20(3)17-22)29-15-10-13-25-18-23(26-27-4)21-11-8-7-9-12-21/h5-9,11-12,16-17,25H,10,13-15,18H2,1-4H3/b6-5+,26-23-. The molecule has 0 aliphatic carbocycles. The summed E-state index contributed by atoms with van der Waals surface area (Å²) >= 11 is 0. The van der Waals surface area contributed by atoms with E-state index >= 15 is 0 Å². The molecule has 2 rings (SSSR count). The van der Waals surface area contributed by atoms with Gasteiger partial charge in [-0.25, -0.2) is 0 Å². The van der Waals surface area contributed by atoms with Crippen LogP contribution in [0.3, 0.4) is 0 Å². The Labute approximate surface area is 174 Å². The zero-order valence-electron chi connectivity index (χ0n) is 17.9. The Morgan fingerprint density at radius 1 is 1.07 bits per heavy atom. The van der Waals surface area contributed by atoms with Crippen LogP contribution in [0.1, 0.15) is 30.0 Å². The first-order valence-electron chi connectivity index (χ1n) is 10.00. The summed E-state index contributed by atoms with van der Waals surface area (Å²) in [5, 5.41) is 7.53. The van der Waals surface area contributed by atoms with Gasteiger partial charge in [0.05, 0.1) is 6.61 Å². The van der Waals surface area contributed by atoms with E-state index in [-0.39, 0.29) is 0 Å². The molecule has 0 atom stereocenters. The van der Waals surface area contributed by atoms with E-state index in [0.717, 1.165) is 46.9 Å². The van der Waals surface area contributed by atoms with E-state index in [1.807, 2.05) is 61.5 Å². The Kier molecular flexibility index (Phi) is 9.80. The maximum absolute atomic E-state index is 6.02. The number of benzene rings is 2. The van der Waals surface area contributed by atoms with Crippen LogP contribution in [0.4, 0.5) is 0 Å². The van der Waals surface area contributed by atoms with Gasteiger partial charge in [-0.15, -0.1) is 0 Å². The van der Waals surface area contributed by atoms with Crippen molar-refractivity contribution in [3.05, 3.63) is 71.3 Å². The Bertz CT molecular complexity index is 778. The lowest BCUT2D eigenvalue weighted by molar-refractivity contribution is 0.213. The van der Waals surface area contributed by atoms with Gasteiger partial charge in [-0.2, -0.15) is 0 Å². The van der Waals surface area contributed by atoms with Crippen LogP contribution in [0, 0.1) is 13.8 Å². The zero-order valence-corrected chi connectivity index (χ0v) is 17.9. The first-order valence-corrected chi connectivity index (χ1v) is 10.00. The molecule has 0 saturated carbocycles. The van der Waals surface area contributed by atoms with Crippen molar-refractivity contribution in [2.45, 2.75) is 27.2 Å². The first-order chi connectivity index (χ1) is 14.2. The van der Waals surface area contributed by atoms with Gasteiger partial charge in [0.1, 0.15) is 30.9 Å². The summed E-state index contributed by atoms with van der Waals surface area (Å²) in [5.74, 6) is 1.81. The maximum atomic E-state index is 6.02. The minimum absolute atomic E-state index is 0.582. The molecule has 156 valence electrons. The Balaban J connectivity index is 1.76. The van der Waals surface area contributed by atoms with Crippen LogP contribution < -0.4 is 14.8 Å². The zero-order chi connectivity index (χ0) is 20.9. The lowest BCUT2D eigenvalue weighted by Crippen LogP contribution is -2.26. The summed E-state index contributed by atoms with van der Waals surface area (Å²) in [6.45, 7) is 8.80. The molecule has 2 aromatic carbocycles. The summed E-state index contributed by atoms with van der Waals surface area (Å²) in [6.07, 6.45) is 4.87. The van der Waals surface area contributed by atoms with Gasteiger partial charge in [0, 0.05) is 12.1 Å². The minimum atomic E-state index is 0.582. The fourth-order valence-electron chi connectivity index (χ4n) is 2.97. The molecule has 0 aliphatic rings. The molecule has 0 aromatic heterocycles. The van der Waals surface area contributed by atoms with Crippen molar-refractivity contribution in [2.24, 2.45) is 5.16 Å². The Hall–Kier alpha value is -2.79. The fourth-order valence-corrected chi connectivity index (χ4v) is 2.97. The number of rotatable bonds is 12. The van der Waals surface area contributed by atoms with Crippen molar-refractivity contribution < 1.29 is 14.3 Å². The summed E-state index contributed by atoms with van der Waals surface area (Å²) < 4.78 is 11.7. The molecule has 0 radical (unpaired) electrons. The number of aryl methyl sites for hydroxylation is 2. The van der Waals surface area contributed by atoms with Gasteiger partial charge in [-0.1, -0.05) is 47.6 Å². The molecule has 0 aliphatic heterocycles. The first kappa shape index (κ1) is 22.5. The molecule has 5 nitrogen and oxygen atoms in total. The van der Waals surface area contributed by atoms with Gasteiger partial charge < -0.3 is 19.6 Å². The van der Waals surface area contributed by atoms with Crippen LogP contribution in [0.2, 0.25) is 0 Å². The van der Waals surface area contributed by atoms with Gasteiger partial charge in [-0.3, -0.25) is 0 Å². The van der Waals surface area contributed by atoms with E-state index in [2.05, 4.69) is 24.3 Å². The summed E-state index contributed by atoms with van der Waals surface area (Å²) in [5.41, 5.74) is 4.12. The minimum Gasteiger partial charge on any atom is -0.493 e. The topological polar surface area (TPSA) is 52.1 Å². The van der Waals surface area contributed by atoms with E-state index < -0.39 is 0 Å². The normalized spacial score (nSPS) is 11.7. The van der Waals surface area contributed by atoms with E-state index in [1.54, 1.807) is 7.11 Å². The molecule has 5 heteroatoms. The third kappa shape index (κ3) is 7.62. The highest BCUT2D eigenvalue weighted by Crippen LogP contribution is 2.28. The quantitative estimate of drug-likeness (QED) is 0.245. The number of allylic oxidation sites excluding steroid dienone is 1. The lowest BCUT2D eigenvalue weighted by atomic mass is 10.1. The number of hydrogen-bond acceptors (Lipinski definition) is 5. The number of nitrogens with zero attached hydrogens (tertiary/aromatic N) is 1. The number of hydrogen-bond donors (Lipinski definition) is 1. The van der Waals surface area contributed by atoms with Crippen LogP contribution in [-0.4, -0.2) is 39.1 Å². The molecular weight excluding hydrogens is 364 g/mol. The number of ether oxygens (including phenoxy) is 2. The molecule has 0 spiro atoms. The van der Waals surface area contributed by atoms with Crippen molar-refractivity contribution in [1.82, 2.24) is 5.32 Å². The fraction of sp³-hybridized carbons (Fsp3) is 0.375. The van der Waals surface area contributed by atoms with Crippen molar-refractivity contribution in [2.75, 3.05) is 33.4 Å². The average Bonchev–Trinajstić information content (AvgIpc) is 2.72. The van der Waals surface area contributed by atoms with Gasteiger partial charge in [0.25, 0.3) is 0 Å². The number of nitrogens with one attached hydrogen (secondary N) is 1. The van der Waals surface area contributed by atoms with Gasteiger partial charge in [0.2, 0.25) is 0 Å². The summed E-state index contributed by atoms with van der Waals surface area (Å²) in [7, 11) is 1.57. The molecule has 2 aromatic rings. The molecule has 0 fully saturated rings. The van der Waals surface area contributed by atoms with Gasteiger partial charge in [-0.05, 0) is 57.0 Å². The molecule has 0 bridgehead atoms. The predicted molar refractivity (Wildman–Crippen MR) is 119 cm³/mol. The van der Waals surface area contributed by atoms with Crippen LogP contribution in [0.25, 0.3) is 0 Å². The van der Waals surface area contributed by atoms with Crippen molar-refractivity contribution >= 4 is 5.71 Å². The molecule has 0 saturated heterocycles. The monoisotopic (exact) mass is 396 g/mol. The lowest BCUT2D eigenvalue weighted by Gasteiger charge is -2.14. The third-order valence-corrected chi connectivity index (χ3v) is 4.36. The van der Waals surface area contributed by atoms with E-state index in [4.69, 9.17) is 14.3 Å². The summed E-state index contributed by atoms with van der Waals surface area (Å²) in [4.78, 5) is 4.97. The van der Waals surface area contributed by atoms with E-state index in [9.17, 15) is 0 Å². The second-order valence-electron chi connectivity index (χ2n) is 6.73. The predicted octanol–water partition coefficient (Wildman–Crippen LogP) is 4.67. The largest absolute Gasteiger partial charge is 0.493 e.